The van der Waals surface area contributed by atoms with E-state index in [9.17, 15) is 13.2 Å². The number of hydrogen-bond donors (Lipinski definition) is 3. The summed E-state index contributed by atoms with van der Waals surface area (Å²) in [7, 11) is -3.81. The van der Waals surface area contributed by atoms with Crippen molar-refractivity contribution in [3.05, 3.63) is 60.2 Å². The molecule has 0 radical (unpaired) electrons. The highest BCUT2D eigenvalue weighted by atomic mass is 32.2. The molecule has 0 aliphatic rings. The van der Waals surface area contributed by atoms with Crippen LogP contribution in [-0.4, -0.2) is 20.4 Å². The molecule has 0 aliphatic heterocycles. The summed E-state index contributed by atoms with van der Waals surface area (Å²) in [6.45, 7) is 5.95. The summed E-state index contributed by atoms with van der Waals surface area (Å²) in [4.78, 5) is 12.5. The molecule has 140 valence electrons. The smallest absolute Gasteiger partial charge is 0.241 e. The highest BCUT2D eigenvalue weighted by Crippen LogP contribution is 2.22. The van der Waals surface area contributed by atoms with Crippen LogP contribution in [0.15, 0.2) is 59.5 Å². The third kappa shape index (κ3) is 5.39. The Morgan fingerprint density at radius 1 is 1.00 bits per heavy atom. The van der Waals surface area contributed by atoms with Gasteiger partial charge in [0.05, 0.1) is 10.9 Å². The fourth-order valence-electron chi connectivity index (χ4n) is 2.68. The molecule has 0 saturated heterocycles. The first kappa shape index (κ1) is 20.1. The second-order valence-corrected chi connectivity index (χ2v) is 8.14. The molecule has 6 nitrogen and oxygen atoms in total. The van der Waals surface area contributed by atoms with Gasteiger partial charge >= 0.3 is 0 Å². The molecule has 0 spiro atoms. The van der Waals surface area contributed by atoms with E-state index < -0.39 is 16.1 Å². The third-order valence-electron chi connectivity index (χ3n) is 4.08. The lowest BCUT2D eigenvalue weighted by Crippen LogP contribution is -2.41. The van der Waals surface area contributed by atoms with Gasteiger partial charge in [-0.1, -0.05) is 50.2 Å². The molecule has 2 unspecified atom stereocenters. The fraction of sp³-hybridized carbons (Fsp3) is 0.316. The Bertz CT molecular complexity index is 851. The number of sulfonamides is 1. The number of primary sulfonamides is 1. The highest BCUT2D eigenvalue weighted by molar-refractivity contribution is 7.89. The van der Waals surface area contributed by atoms with Crippen LogP contribution >= 0.6 is 0 Å². The van der Waals surface area contributed by atoms with Crippen LogP contribution in [-0.2, 0) is 14.8 Å². The Balaban J connectivity index is 2.09. The van der Waals surface area contributed by atoms with Crippen LogP contribution < -0.4 is 15.8 Å². The molecule has 0 bridgehead atoms. The number of amides is 1. The van der Waals surface area contributed by atoms with Crippen molar-refractivity contribution in [2.75, 3.05) is 5.32 Å². The van der Waals surface area contributed by atoms with Gasteiger partial charge in [0.15, 0.2) is 0 Å². The van der Waals surface area contributed by atoms with Crippen molar-refractivity contribution < 1.29 is 13.2 Å². The van der Waals surface area contributed by atoms with Gasteiger partial charge in [0, 0.05) is 11.7 Å². The molecule has 1 amide bonds. The molecule has 0 aliphatic carbocycles. The summed E-state index contributed by atoms with van der Waals surface area (Å²) >= 11 is 0. The summed E-state index contributed by atoms with van der Waals surface area (Å²) < 4.78 is 22.9. The minimum absolute atomic E-state index is 0.0210. The van der Waals surface area contributed by atoms with Crippen molar-refractivity contribution in [2.24, 2.45) is 11.1 Å². The van der Waals surface area contributed by atoms with Crippen molar-refractivity contribution in [2.45, 2.75) is 37.8 Å². The van der Waals surface area contributed by atoms with E-state index in [2.05, 4.69) is 24.5 Å². The molecule has 2 aromatic carbocycles. The van der Waals surface area contributed by atoms with Crippen LogP contribution in [0.5, 0.6) is 0 Å². The molecule has 0 heterocycles. The Hall–Kier alpha value is -2.22. The normalized spacial score (nSPS) is 14.0. The average molecular weight is 375 g/mol. The van der Waals surface area contributed by atoms with E-state index in [1.54, 1.807) is 13.0 Å². The zero-order valence-corrected chi connectivity index (χ0v) is 16.0. The molecule has 0 saturated carbocycles. The van der Waals surface area contributed by atoms with Crippen LogP contribution in [0, 0.1) is 5.92 Å². The van der Waals surface area contributed by atoms with Gasteiger partial charge in [0.2, 0.25) is 15.9 Å². The first-order valence-corrected chi connectivity index (χ1v) is 9.98. The number of benzene rings is 2. The molecule has 0 fully saturated rings. The molecule has 7 heteroatoms. The number of anilines is 1. The van der Waals surface area contributed by atoms with Gasteiger partial charge in [-0.3, -0.25) is 10.1 Å². The van der Waals surface area contributed by atoms with Gasteiger partial charge in [-0.15, -0.1) is 0 Å². The molecule has 2 aromatic rings. The second kappa shape index (κ2) is 8.44. The molecule has 4 N–H and O–H groups in total. The van der Waals surface area contributed by atoms with E-state index >= 15 is 0 Å². The maximum absolute atomic E-state index is 12.5. The molecule has 2 atom stereocenters. The Morgan fingerprint density at radius 3 is 2.23 bits per heavy atom. The molecule has 0 aromatic heterocycles. The topological polar surface area (TPSA) is 101 Å². The van der Waals surface area contributed by atoms with Gasteiger partial charge < -0.3 is 5.32 Å². The third-order valence-corrected chi connectivity index (χ3v) is 4.99. The summed E-state index contributed by atoms with van der Waals surface area (Å²) in [5.74, 6) is 0.0384. The van der Waals surface area contributed by atoms with Crippen LogP contribution in [0.1, 0.15) is 32.4 Å². The first-order valence-electron chi connectivity index (χ1n) is 8.43. The average Bonchev–Trinajstić information content (AvgIpc) is 2.59. The van der Waals surface area contributed by atoms with Crippen LogP contribution in [0.4, 0.5) is 5.69 Å². The number of carbonyl (C=O) groups is 1. The second-order valence-electron chi connectivity index (χ2n) is 6.58. The first-order chi connectivity index (χ1) is 12.2. The summed E-state index contributed by atoms with van der Waals surface area (Å²) in [6.07, 6.45) is 0. The number of rotatable bonds is 7. The fourth-order valence-corrected chi connectivity index (χ4v) is 3.24. The Labute approximate surface area is 154 Å². The Morgan fingerprint density at radius 2 is 1.65 bits per heavy atom. The number of hydrogen-bond acceptors (Lipinski definition) is 4. The van der Waals surface area contributed by atoms with Gasteiger partial charge in [0.25, 0.3) is 0 Å². The van der Waals surface area contributed by atoms with Crippen LogP contribution in [0.3, 0.4) is 0 Å². The molecular formula is C19H25N3O3S. The predicted octanol–water partition coefficient (Wildman–Crippen LogP) is 2.65. The monoisotopic (exact) mass is 375 g/mol. The maximum Gasteiger partial charge on any atom is 0.241 e. The molecule has 26 heavy (non-hydrogen) atoms. The SMILES string of the molecule is CC(NC(c1ccccc1)C(C)C)C(=O)Nc1cccc(S(N)(=O)=O)c1. The van der Waals surface area contributed by atoms with E-state index in [4.69, 9.17) is 5.14 Å². The maximum atomic E-state index is 12.5. The predicted molar refractivity (Wildman–Crippen MR) is 103 cm³/mol. The van der Waals surface area contributed by atoms with Crippen molar-refractivity contribution in [1.29, 1.82) is 0 Å². The molecule has 2 rings (SSSR count). The van der Waals surface area contributed by atoms with Crippen molar-refractivity contribution in [1.82, 2.24) is 5.32 Å². The minimum atomic E-state index is -3.81. The number of nitrogens with one attached hydrogen (secondary N) is 2. The lowest BCUT2D eigenvalue weighted by atomic mass is 9.95. The standard InChI is InChI=1S/C19H25N3O3S/c1-13(2)18(15-8-5-4-6-9-15)21-14(3)19(23)22-16-10-7-11-17(12-16)26(20,24)25/h4-14,18,21H,1-3H3,(H,22,23)(H2,20,24,25). The minimum Gasteiger partial charge on any atom is -0.325 e. The zero-order chi connectivity index (χ0) is 19.3. The van der Waals surface area contributed by atoms with E-state index in [0.29, 0.717) is 11.6 Å². The van der Waals surface area contributed by atoms with E-state index in [1.165, 1.54) is 18.2 Å². The Kier molecular flexibility index (Phi) is 6.52. The van der Waals surface area contributed by atoms with Crippen molar-refractivity contribution in [3.8, 4) is 0 Å². The van der Waals surface area contributed by atoms with Crippen molar-refractivity contribution in [3.63, 3.8) is 0 Å². The van der Waals surface area contributed by atoms with E-state index in [-0.39, 0.29) is 16.8 Å². The van der Waals surface area contributed by atoms with E-state index in [0.717, 1.165) is 5.56 Å². The summed E-state index contributed by atoms with van der Waals surface area (Å²) in [5.41, 5.74) is 1.49. The van der Waals surface area contributed by atoms with Crippen LogP contribution in [0.25, 0.3) is 0 Å². The van der Waals surface area contributed by atoms with Gasteiger partial charge in [0.1, 0.15) is 0 Å². The highest BCUT2D eigenvalue weighted by Gasteiger charge is 2.22. The number of nitrogens with two attached hydrogens (primary N) is 1. The van der Waals surface area contributed by atoms with Crippen molar-refractivity contribution >= 4 is 21.6 Å². The number of carbonyl (C=O) groups excluding carboxylic acids is 1. The quantitative estimate of drug-likeness (QED) is 0.692. The largest absolute Gasteiger partial charge is 0.325 e. The lowest BCUT2D eigenvalue weighted by molar-refractivity contribution is -0.118. The lowest BCUT2D eigenvalue weighted by Gasteiger charge is -2.26. The summed E-state index contributed by atoms with van der Waals surface area (Å²) in [5, 5.41) is 11.2. The zero-order valence-electron chi connectivity index (χ0n) is 15.1. The van der Waals surface area contributed by atoms with Gasteiger partial charge in [-0.2, -0.15) is 0 Å². The van der Waals surface area contributed by atoms with Crippen LogP contribution in [0.2, 0.25) is 0 Å². The van der Waals surface area contributed by atoms with Gasteiger partial charge in [-0.05, 0) is 36.6 Å². The van der Waals surface area contributed by atoms with E-state index in [1.807, 2.05) is 30.3 Å². The van der Waals surface area contributed by atoms with Gasteiger partial charge in [-0.25, -0.2) is 13.6 Å². The molecular weight excluding hydrogens is 350 g/mol. The summed E-state index contributed by atoms with van der Waals surface area (Å²) in [6, 6.07) is 15.4.